The minimum absolute atomic E-state index is 0.0166. The highest BCUT2D eigenvalue weighted by molar-refractivity contribution is 5.79. The molecule has 0 unspecified atom stereocenters. The van der Waals surface area contributed by atoms with Crippen molar-refractivity contribution in [2.45, 2.75) is 25.9 Å². The first-order chi connectivity index (χ1) is 11.7. The minimum atomic E-state index is -4.63. The Hall–Kier alpha value is -2.25. The Bertz CT molecular complexity index is 633. The first kappa shape index (κ1) is 19.1. The topological polar surface area (TPSA) is 66.8 Å². The van der Waals surface area contributed by atoms with Crippen LogP contribution in [0.25, 0.3) is 0 Å². The molecule has 0 aliphatic carbocycles. The van der Waals surface area contributed by atoms with E-state index in [0.29, 0.717) is 12.2 Å². The molecule has 1 aliphatic rings. The summed E-state index contributed by atoms with van der Waals surface area (Å²) < 4.78 is 44.2. The summed E-state index contributed by atoms with van der Waals surface area (Å²) in [6, 6.07) is 7.37. The van der Waals surface area contributed by atoms with Crippen molar-refractivity contribution in [3.05, 3.63) is 29.8 Å². The van der Waals surface area contributed by atoms with E-state index in [1.807, 2.05) is 25.1 Å². The number of hydrogen-bond donors (Lipinski definition) is 1. The van der Waals surface area contributed by atoms with Gasteiger partial charge in [0.25, 0.3) is 0 Å². The van der Waals surface area contributed by atoms with E-state index in [1.54, 1.807) is 6.07 Å². The van der Waals surface area contributed by atoms with E-state index in [9.17, 15) is 22.8 Å². The third-order valence-corrected chi connectivity index (χ3v) is 4.20. The lowest BCUT2D eigenvalue weighted by molar-refractivity contribution is -0.188. The standard InChI is InChI=1S/C17H20F3NO4/c1-11-4-2-5-12(8-11)25-7-3-6-15(22)21-9-13(16(23)24)14(10-21)17(18,19)20/h2,4-5,8,13-14H,3,6-7,9-10H2,1H3,(H,23,24)/t13-,14-/m1/s1. The Kier molecular flexibility index (Phi) is 5.92. The van der Waals surface area contributed by atoms with E-state index in [4.69, 9.17) is 9.84 Å². The number of rotatable bonds is 6. The highest BCUT2D eigenvalue weighted by atomic mass is 19.4. The number of ether oxygens (including phenoxy) is 1. The number of aliphatic carboxylic acids is 1. The molecule has 1 amide bonds. The molecule has 8 heteroatoms. The van der Waals surface area contributed by atoms with E-state index in [2.05, 4.69) is 0 Å². The van der Waals surface area contributed by atoms with Crippen LogP contribution in [0.2, 0.25) is 0 Å². The number of hydrogen-bond acceptors (Lipinski definition) is 3. The number of carbonyl (C=O) groups excluding carboxylic acids is 1. The molecule has 138 valence electrons. The van der Waals surface area contributed by atoms with Gasteiger partial charge in [-0.05, 0) is 31.0 Å². The lowest BCUT2D eigenvalue weighted by Gasteiger charge is -2.18. The summed E-state index contributed by atoms with van der Waals surface area (Å²) in [6.07, 6.45) is -4.27. The molecular weight excluding hydrogens is 339 g/mol. The van der Waals surface area contributed by atoms with Crippen LogP contribution in [0.4, 0.5) is 13.2 Å². The number of likely N-dealkylation sites (tertiary alicyclic amines) is 1. The van der Waals surface area contributed by atoms with Crippen LogP contribution in [0.15, 0.2) is 24.3 Å². The molecule has 0 radical (unpaired) electrons. The van der Waals surface area contributed by atoms with E-state index in [1.165, 1.54) is 0 Å². The van der Waals surface area contributed by atoms with Gasteiger partial charge in [-0.1, -0.05) is 12.1 Å². The van der Waals surface area contributed by atoms with Gasteiger partial charge in [0.15, 0.2) is 0 Å². The largest absolute Gasteiger partial charge is 0.494 e. The highest BCUT2D eigenvalue weighted by Crippen LogP contribution is 2.37. The van der Waals surface area contributed by atoms with Gasteiger partial charge < -0.3 is 14.7 Å². The number of carboxylic acids is 1. The fourth-order valence-corrected chi connectivity index (χ4v) is 2.87. The molecule has 1 aromatic carbocycles. The summed E-state index contributed by atoms with van der Waals surface area (Å²) in [6.45, 7) is 1.17. The number of aryl methyl sites for hydroxylation is 1. The second-order valence-corrected chi connectivity index (χ2v) is 6.16. The van der Waals surface area contributed by atoms with Crippen molar-refractivity contribution in [2.75, 3.05) is 19.7 Å². The van der Waals surface area contributed by atoms with Crippen LogP contribution in [0.1, 0.15) is 18.4 Å². The summed E-state index contributed by atoms with van der Waals surface area (Å²) in [5.74, 6) is -4.96. The fourth-order valence-electron chi connectivity index (χ4n) is 2.87. The molecule has 0 spiro atoms. The molecule has 25 heavy (non-hydrogen) atoms. The zero-order valence-electron chi connectivity index (χ0n) is 13.8. The predicted octanol–water partition coefficient (Wildman–Crippen LogP) is 2.88. The van der Waals surface area contributed by atoms with Crippen molar-refractivity contribution in [1.29, 1.82) is 0 Å². The molecule has 1 heterocycles. The number of alkyl halides is 3. The molecule has 2 rings (SSSR count). The number of benzene rings is 1. The summed E-state index contributed by atoms with van der Waals surface area (Å²) in [4.78, 5) is 24.1. The van der Waals surface area contributed by atoms with Crippen LogP contribution in [-0.4, -0.2) is 47.8 Å². The van der Waals surface area contributed by atoms with Crippen molar-refractivity contribution < 1.29 is 32.6 Å². The Morgan fingerprint density at radius 2 is 2.04 bits per heavy atom. The average Bonchev–Trinajstić information content (AvgIpc) is 2.97. The number of nitrogens with zero attached hydrogens (tertiary/aromatic N) is 1. The van der Waals surface area contributed by atoms with Gasteiger partial charge in [-0.3, -0.25) is 9.59 Å². The summed E-state index contributed by atoms with van der Waals surface area (Å²) in [5.41, 5.74) is 1.03. The van der Waals surface area contributed by atoms with Gasteiger partial charge in [0.05, 0.1) is 18.4 Å². The highest BCUT2D eigenvalue weighted by Gasteiger charge is 2.53. The van der Waals surface area contributed by atoms with Gasteiger partial charge in [0.1, 0.15) is 5.75 Å². The third-order valence-electron chi connectivity index (χ3n) is 4.20. The molecule has 0 bridgehead atoms. The lowest BCUT2D eigenvalue weighted by Crippen LogP contribution is -2.34. The van der Waals surface area contributed by atoms with Gasteiger partial charge in [0, 0.05) is 19.5 Å². The average molecular weight is 359 g/mol. The molecule has 5 nitrogen and oxygen atoms in total. The quantitative estimate of drug-likeness (QED) is 0.793. The smallest absolute Gasteiger partial charge is 0.394 e. The van der Waals surface area contributed by atoms with Gasteiger partial charge in [-0.15, -0.1) is 0 Å². The molecular formula is C17H20F3NO4. The molecule has 2 atom stereocenters. The van der Waals surface area contributed by atoms with Crippen molar-refractivity contribution in [3.63, 3.8) is 0 Å². The number of amides is 1. The molecule has 1 saturated heterocycles. The third kappa shape index (κ3) is 5.11. The second-order valence-electron chi connectivity index (χ2n) is 6.16. The van der Waals surface area contributed by atoms with Crippen LogP contribution in [0, 0.1) is 18.8 Å². The Balaban J connectivity index is 1.82. The minimum Gasteiger partial charge on any atom is -0.494 e. The van der Waals surface area contributed by atoms with Crippen LogP contribution >= 0.6 is 0 Å². The van der Waals surface area contributed by atoms with Crippen LogP contribution in [-0.2, 0) is 9.59 Å². The Labute approximate surface area is 143 Å². The van der Waals surface area contributed by atoms with Crippen molar-refractivity contribution in [3.8, 4) is 5.75 Å². The first-order valence-electron chi connectivity index (χ1n) is 7.95. The van der Waals surface area contributed by atoms with E-state index < -0.39 is 43.0 Å². The zero-order valence-corrected chi connectivity index (χ0v) is 13.8. The van der Waals surface area contributed by atoms with Crippen molar-refractivity contribution >= 4 is 11.9 Å². The van der Waals surface area contributed by atoms with Crippen molar-refractivity contribution in [2.24, 2.45) is 11.8 Å². The molecule has 1 fully saturated rings. The normalized spacial score (nSPS) is 20.6. The summed E-state index contributed by atoms with van der Waals surface area (Å²) in [5, 5.41) is 8.95. The maximum Gasteiger partial charge on any atom is 0.394 e. The van der Waals surface area contributed by atoms with Crippen molar-refractivity contribution in [1.82, 2.24) is 4.90 Å². The van der Waals surface area contributed by atoms with Gasteiger partial charge in [-0.2, -0.15) is 13.2 Å². The summed E-state index contributed by atoms with van der Waals surface area (Å²) in [7, 11) is 0. The predicted molar refractivity (Wildman–Crippen MR) is 83.2 cm³/mol. The maximum absolute atomic E-state index is 12.9. The molecule has 1 N–H and O–H groups in total. The maximum atomic E-state index is 12.9. The van der Waals surface area contributed by atoms with Gasteiger partial charge >= 0.3 is 12.1 Å². The molecule has 0 aromatic heterocycles. The summed E-state index contributed by atoms with van der Waals surface area (Å²) >= 11 is 0. The van der Waals surface area contributed by atoms with Gasteiger partial charge in [0.2, 0.25) is 5.91 Å². The van der Waals surface area contributed by atoms with E-state index in [-0.39, 0.29) is 13.0 Å². The Morgan fingerprint density at radius 3 is 2.60 bits per heavy atom. The lowest BCUT2D eigenvalue weighted by atomic mass is 9.96. The fraction of sp³-hybridized carbons (Fsp3) is 0.529. The van der Waals surface area contributed by atoms with Crippen LogP contribution in [0.3, 0.4) is 0 Å². The number of carboxylic acid groups (broad SMARTS) is 1. The van der Waals surface area contributed by atoms with Gasteiger partial charge in [-0.25, -0.2) is 0 Å². The number of carbonyl (C=O) groups is 2. The zero-order chi connectivity index (χ0) is 18.6. The number of halogens is 3. The SMILES string of the molecule is Cc1cccc(OCCCC(=O)N2C[C@@H](C(F)(F)F)[C@H](C(=O)O)C2)c1. The van der Waals surface area contributed by atoms with E-state index in [0.717, 1.165) is 10.5 Å². The molecule has 0 saturated carbocycles. The van der Waals surface area contributed by atoms with Crippen LogP contribution in [0.5, 0.6) is 5.75 Å². The van der Waals surface area contributed by atoms with Crippen LogP contribution < -0.4 is 4.74 Å². The molecule has 1 aliphatic heterocycles. The second kappa shape index (κ2) is 7.76. The Morgan fingerprint density at radius 1 is 1.32 bits per heavy atom. The first-order valence-corrected chi connectivity index (χ1v) is 7.95. The van der Waals surface area contributed by atoms with E-state index >= 15 is 0 Å². The molecule has 1 aromatic rings. The monoisotopic (exact) mass is 359 g/mol.